The Kier molecular flexibility index (Phi) is 5.09. The lowest BCUT2D eigenvalue weighted by Gasteiger charge is -2.16. The van der Waals surface area contributed by atoms with Crippen molar-refractivity contribution in [1.82, 2.24) is 10.3 Å². The number of hydrogen-bond donors (Lipinski definition) is 1. The second kappa shape index (κ2) is 6.81. The van der Waals surface area contributed by atoms with Gasteiger partial charge in [-0.3, -0.25) is 0 Å². The molecule has 0 aliphatic rings. The molecule has 0 fully saturated rings. The lowest BCUT2D eigenvalue weighted by atomic mass is 10.2. The van der Waals surface area contributed by atoms with Crippen LogP contribution in [0.4, 0.5) is 9.52 Å². The molecule has 1 heterocycles. The summed E-state index contributed by atoms with van der Waals surface area (Å²) in [4.78, 5) is 6.59. The molecule has 1 unspecified atom stereocenters. The van der Waals surface area contributed by atoms with Gasteiger partial charge in [-0.1, -0.05) is 25.1 Å². The fraction of sp³-hybridized carbons (Fsp3) is 0.400. The van der Waals surface area contributed by atoms with Gasteiger partial charge >= 0.3 is 0 Å². The van der Waals surface area contributed by atoms with Gasteiger partial charge in [0.2, 0.25) is 0 Å². The second-order valence-corrected chi connectivity index (χ2v) is 5.62. The summed E-state index contributed by atoms with van der Waals surface area (Å²) in [5.41, 5.74) is 1.72. The van der Waals surface area contributed by atoms with Crippen molar-refractivity contribution in [3.63, 3.8) is 0 Å². The maximum Gasteiger partial charge on any atom is 0.185 e. The van der Waals surface area contributed by atoms with Crippen LogP contribution in [0, 0.1) is 5.82 Å². The smallest absolute Gasteiger partial charge is 0.185 e. The average molecular weight is 293 g/mol. The third kappa shape index (κ3) is 3.55. The Bertz CT molecular complexity index is 556. The van der Waals surface area contributed by atoms with Crippen LogP contribution in [0.15, 0.2) is 29.6 Å². The average Bonchev–Trinajstić information content (AvgIpc) is 2.91. The third-order valence-corrected chi connectivity index (χ3v) is 4.13. The molecule has 1 N–H and O–H groups in total. The summed E-state index contributed by atoms with van der Waals surface area (Å²) in [6.45, 7) is 5.61. The Labute approximate surface area is 123 Å². The van der Waals surface area contributed by atoms with Crippen molar-refractivity contribution in [3.8, 4) is 0 Å². The van der Waals surface area contributed by atoms with Gasteiger partial charge in [0.1, 0.15) is 5.82 Å². The van der Waals surface area contributed by atoms with E-state index in [-0.39, 0.29) is 11.9 Å². The molecule has 1 atom stereocenters. The van der Waals surface area contributed by atoms with Gasteiger partial charge in [0.15, 0.2) is 5.13 Å². The Morgan fingerprint density at radius 3 is 2.85 bits per heavy atom. The zero-order chi connectivity index (χ0) is 14.5. The highest BCUT2D eigenvalue weighted by Gasteiger charge is 2.12. The van der Waals surface area contributed by atoms with Gasteiger partial charge in [-0.25, -0.2) is 9.37 Å². The summed E-state index contributed by atoms with van der Waals surface area (Å²) in [7, 11) is 1.94. The number of rotatable bonds is 6. The molecule has 0 aliphatic carbocycles. The first kappa shape index (κ1) is 14.9. The summed E-state index contributed by atoms with van der Waals surface area (Å²) in [5.74, 6) is -0.169. The Balaban J connectivity index is 2.06. The predicted octanol–water partition coefficient (Wildman–Crippen LogP) is 3.59. The number of nitrogens with one attached hydrogen (secondary N) is 1. The topological polar surface area (TPSA) is 28.2 Å². The molecule has 0 saturated heterocycles. The minimum Gasteiger partial charge on any atom is -0.347 e. The van der Waals surface area contributed by atoms with Gasteiger partial charge in [0.25, 0.3) is 0 Å². The van der Waals surface area contributed by atoms with Crippen LogP contribution in [-0.2, 0) is 6.54 Å². The molecule has 0 radical (unpaired) electrons. The summed E-state index contributed by atoms with van der Waals surface area (Å²) in [5, 5.41) is 6.30. The van der Waals surface area contributed by atoms with Crippen LogP contribution in [-0.4, -0.2) is 18.6 Å². The highest BCUT2D eigenvalue weighted by molar-refractivity contribution is 7.13. The molecule has 108 valence electrons. The van der Waals surface area contributed by atoms with E-state index >= 15 is 0 Å². The first-order valence-electron chi connectivity index (χ1n) is 6.75. The van der Waals surface area contributed by atoms with Gasteiger partial charge in [-0.05, 0) is 19.5 Å². The molecule has 2 rings (SSSR count). The normalized spacial score (nSPS) is 12.4. The predicted molar refractivity (Wildman–Crippen MR) is 82.7 cm³/mol. The number of halogens is 1. The number of benzene rings is 1. The SMILES string of the molecule is CCNC(C)c1csc(N(C)Cc2ccccc2F)n1. The van der Waals surface area contributed by atoms with E-state index in [0.717, 1.165) is 17.4 Å². The molecule has 0 spiro atoms. The molecule has 0 saturated carbocycles. The zero-order valence-corrected chi connectivity index (χ0v) is 12.9. The molecule has 0 aliphatic heterocycles. The standard InChI is InChI=1S/C15H20FN3S/c1-4-17-11(2)14-10-20-15(18-14)19(3)9-12-7-5-6-8-13(12)16/h5-8,10-11,17H,4,9H2,1-3H3. The number of nitrogens with zero attached hydrogens (tertiary/aromatic N) is 2. The van der Waals surface area contributed by atoms with Crippen molar-refractivity contribution < 1.29 is 4.39 Å². The minimum atomic E-state index is -0.169. The molecular weight excluding hydrogens is 273 g/mol. The van der Waals surface area contributed by atoms with Gasteiger partial charge in [-0.2, -0.15) is 0 Å². The zero-order valence-electron chi connectivity index (χ0n) is 12.1. The van der Waals surface area contributed by atoms with E-state index in [2.05, 4.69) is 29.5 Å². The quantitative estimate of drug-likeness (QED) is 0.882. The first-order valence-corrected chi connectivity index (χ1v) is 7.63. The highest BCUT2D eigenvalue weighted by atomic mass is 32.1. The number of aromatic nitrogens is 1. The number of anilines is 1. The molecule has 3 nitrogen and oxygen atoms in total. The van der Waals surface area contributed by atoms with Crippen molar-refractivity contribution in [3.05, 3.63) is 46.7 Å². The van der Waals surface area contributed by atoms with Crippen molar-refractivity contribution in [1.29, 1.82) is 0 Å². The van der Waals surface area contributed by atoms with E-state index in [1.165, 1.54) is 6.07 Å². The van der Waals surface area contributed by atoms with Crippen LogP contribution >= 0.6 is 11.3 Å². The fourth-order valence-electron chi connectivity index (χ4n) is 2.01. The molecule has 0 amide bonds. The Morgan fingerprint density at radius 2 is 2.15 bits per heavy atom. The maximum absolute atomic E-state index is 13.6. The van der Waals surface area contributed by atoms with Crippen molar-refractivity contribution >= 4 is 16.5 Å². The maximum atomic E-state index is 13.6. The van der Waals surface area contributed by atoms with E-state index in [1.807, 2.05) is 24.1 Å². The van der Waals surface area contributed by atoms with Gasteiger partial charge in [-0.15, -0.1) is 11.3 Å². The molecule has 1 aromatic carbocycles. The van der Waals surface area contributed by atoms with Crippen LogP contribution in [0.2, 0.25) is 0 Å². The monoisotopic (exact) mass is 293 g/mol. The summed E-state index contributed by atoms with van der Waals surface area (Å²) < 4.78 is 13.6. The van der Waals surface area contributed by atoms with E-state index in [4.69, 9.17) is 0 Å². The lowest BCUT2D eigenvalue weighted by Crippen LogP contribution is -2.19. The van der Waals surface area contributed by atoms with E-state index in [1.54, 1.807) is 17.4 Å². The fourth-order valence-corrected chi connectivity index (χ4v) is 2.90. The van der Waals surface area contributed by atoms with Crippen LogP contribution in [0.25, 0.3) is 0 Å². The summed E-state index contributed by atoms with van der Waals surface area (Å²) in [6.07, 6.45) is 0. The van der Waals surface area contributed by atoms with Crippen LogP contribution in [0.3, 0.4) is 0 Å². The van der Waals surface area contributed by atoms with Crippen LogP contribution < -0.4 is 10.2 Å². The molecule has 5 heteroatoms. The van der Waals surface area contributed by atoms with Crippen molar-refractivity contribution in [2.24, 2.45) is 0 Å². The third-order valence-electron chi connectivity index (χ3n) is 3.16. The Morgan fingerprint density at radius 1 is 1.40 bits per heavy atom. The van der Waals surface area contributed by atoms with E-state index < -0.39 is 0 Å². The van der Waals surface area contributed by atoms with Gasteiger partial charge in [0, 0.05) is 30.6 Å². The number of thiazole rings is 1. The lowest BCUT2D eigenvalue weighted by molar-refractivity contribution is 0.585. The second-order valence-electron chi connectivity index (χ2n) is 4.78. The Hall–Kier alpha value is -1.46. The molecule has 0 bridgehead atoms. The van der Waals surface area contributed by atoms with E-state index in [0.29, 0.717) is 12.1 Å². The minimum absolute atomic E-state index is 0.169. The highest BCUT2D eigenvalue weighted by Crippen LogP contribution is 2.24. The van der Waals surface area contributed by atoms with Crippen LogP contribution in [0.1, 0.15) is 31.1 Å². The molecule has 1 aromatic heterocycles. The molecule has 20 heavy (non-hydrogen) atoms. The van der Waals surface area contributed by atoms with Crippen molar-refractivity contribution in [2.75, 3.05) is 18.5 Å². The first-order chi connectivity index (χ1) is 9.61. The number of hydrogen-bond acceptors (Lipinski definition) is 4. The van der Waals surface area contributed by atoms with E-state index in [9.17, 15) is 4.39 Å². The van der Waals surface area contributed by atoms with Gasteiger partial charge in [0.05, 0.1) is 5.69 Å². The molecular formula is C15H20FN3S. The molecule has 2 aromatic rings. The largest absolute Gasteiger partial charge is 0.347 e. The van der Waals surface area contributed by atoms with Gasteiger partial charge < -0.3 is 10.2 Å². The summed E-state index contributed by atoms with van der Waals surface area (Å²) >= 11 is 1.59. The van der Waals surface area contributed by atoms with Crippen molar-refractivity contribution in [2.45, 2.75) is 26.4 Å². The van der Waals surface area contributed by atoms with Crippen LogP contribution in [0.5, 0.6) is 0 Å². The summed E-state index contributed by atoms with van der Waals surface area (Å²) in [6, 6.07) is 7.10.